The molecule has 0 radical (unpaired) electrons. The molecular formula is C21H28N4O6. The summed E-state index contributed by atoms with van der Waals surface area (Å²) in [4.78, 5) is 50.8. The van der Waals surface area contributed by atoms with Crippen LogP contribution >= 0.6 is 0 Å². The fourth-order valence-corrected chi connectivity index (χ4v) is 3.25. The summed E-state index contributed by atoms with van der Waals surface area (Å²) in [5.74, 6) is -3.90. The van der Waals surface area contributed by atoms with Gasteiger partial charge >= 0.3 is 11.9 Å². The highest BCUT2D eigenvalue weighted by Gasteiger charge is 2.29. The summed E-state index contributed by atoms with van der Waals surface area (Å²) < 4.78 is 0. The highest BCUT2D eigenvalue weighted by Crippen LogP contribution is 2.19. The van der Waals surface area contributed by atoms with E-state index in [1.54, 1.807) is 6.20 Å². The van der Waals surface area contributed by atoms with Crippen molar-refractivity contribution in [3.05, 3.63) is 36.0 Å². The Labute approximate surface area is 179 Å². The molecule has 0 bridgehead atoms. The van der Waals surface area contributed by atoms with Gasteiger partial charge in [0.2, 0.25) is 11.8 Å². The Kier molecular flexibility index (Phi) is 8.14. The Morgan fingerprint density at radius 2 is 1.68 bits per heavy atom. The molecule has 10 nitrogen and oxygen atoms in total. The molecule has 0 saturated carbocycles. The van der Waals surface area contributed by atoms with Crippen molar-refractivity contribution in [3.63, 3.8) is 0 Å². The number of nitrogens with two attached hydrogens (primary N) is 1. The standard InChI is InChI=1S/C21H28N4O6/c1-11(2)7-17(21(30)31)25-20(29)16(24-19(28)14(22)9-18(26)27)8-12-10-23-15-6-4-3-5-13(12)15/h3-6,10-11,14,16-17,23H,7-9,22H2,1-2H3,(H,24,28)(H,25,29)(H,26,27)(H,30,31). The lowest BCUT2D eigenvalue weighted by Crippen LogP contribution is -2.55. The molecule has 3 unspecified atom stereocenters. The van der Waals surface area contributed by atoms with Crippen LogP contribution in [-0.4, -0.2) is 57.1 Å². The van der Waals surface area contributed by atoms with E-state index >= 15 is 0 Å². The van der Waals surface area contributed by atoms with Crippen LogP contribution in [0.2, 0.25) is 0 Å². The number of H-pyrrole nitrogens is 1. The van der Waals surface area contributed by atoms with Crippen molar-refractivity contribution < 1.29 is 29.4 Å². The van der Waals surface area contributed by atoms with Crippen molar-refractivity contribution in [1.29, 1.82) is 0 Å². The van der Waals surface area contributed by atoms with Gasteiger partial charge in [0.05, 0.1) is 12.5 Å². The fraction of sp³-hybridized carbons (Fsp3) is 0.429. The molecule has 0 aliphatic heterocycles. The number of aliphatic carboxylic acids is 2. The maximum absolute atomic E-state index is 12.9. The van der Waals surface area contributed by atoms with E-state index in [9.17, 15) is 24.3 Å². The Morgan fingerprint density at radius 3 is 2.29 bits per heavy atom. The van der Waals surface area contributed by atoms with Crippen molar-refractivity contribution in [1.82, 2.24) is 15.6 Å². The molecule has 1 aromatic carbocycles. The van der Waals surface area contributed by atoms with Crippen LogP contribution in [0.1, 0.15) is 32.3 Å². The Bertz CT molecular complexity index is 954. The fourth-order valence-electron chi connectivity index (χ4n) is 3.25. The summed E-state index contributed by atoms with van der Waals surface area (Å²) in [5, 5.41) is 24.1. The van der Waals surface area contributed by atoms with Gasteiger partial charge in [-0.1, -0.05) is 32.0 Å². The van der Waals surface area contributed by atoms with Gasteiger partial charge in [-0.3, -0.25) is 14.4 Å². The van der Waals surface area contributed by atoms with E-state index in [1.165, 1.54) is 0 Å². The molecule has 0 aliphatic rings. The number of benzene rings is 1. The first-order valence-electron chi connectivity index (χ1n) is 9.94. The van der Waals surface area contributed by atoms with E-state index in [0.29, 0.717) is 0 Å². The zero-order valence-electron chi connectivity index (χ0n) is 17.4. The second-order valence-electron chi connectivity index (χ2n) is 7.86. The van der Waals surface area contributed by atoms with Gasteiger partial charge in [0.1, 0.15) is 12.1 Å². The first kappa shape index (κ1) is 23.9. The first-order valence-corrected chi connectivity index (χ1v) is 9.94. The normalized spacial score (nSPS) is 14.1. The summed E-state index contributed by atoms with van der Waals surface area (Å²) in [6.07, 6.45) is 1.39. The number of para-hydroxylation sites is 1. The third kappa shape index (κ3) is 6.82. The van der Waals surface area contributed by atoms with Crippen molar-refractivity contribution in [2.24, 2.45) is 11.7 Å². The summed E-state index contributed by atoms with van der Waals surface area (Å²) in [5.41, 5.74) is 7.20. The van der Waals surface area contributed by atoms with E-state index in [1.807, 2.05) is 38.1 Å². The average molecular weight is 432 g/mol. The number of nitrogens with one attached hydrogen (secondary N) is 3. The third-order valence-electron chi connectivity index (χ3n) is 4.78. The quantitative estimate of drug-likeness (QED) is 0.301. The summed E-state index contributed by atoms with van der Waals surface area (Å²) in [6.45, 7) is 3.66. The number of carbonyl (C=O) groups excluding carboxylic acids is 2. The number of hydrogen-bond acceptors (Lipinski definition) is 5. The van der Waals surface area contributed by atoms with Crippen LogP contribution in [0.3, 0.4) is 0 Å². The van der Waals surface area contributed by atoms with Gasteiger partial charge < -0.3 is 31.6 Å². The number of aromatic amines is 1. The van der Waals surface area contributed by atoms with Crippen LogP contribution in [0, 0.1) is 5.92 Å². The SMILES string of the molecule is CC(C)CC(NC(=O)C(Cc1c[nH]c2ccccc12)NC(=O)C(N)CC(=O)O)C(=O)O. The number of hydrogen-bond donors (Lipinski definition) is 6. The topological polar surface area (TPSA) is 175 Å². The molecule has 3 atom stereocenters. The van der Waals surface area contributed by atoms with Gasteiger partial charge in [-0.2, -0.15) is 0 Å². The predicted molar refractivity (Wildman–Crippen MR) is 113 cm³/mol. The van der Waals surface area contributed by atoms with E-state index in [0.717, 1.165) is 16.5 Å². The number of amides is 2. The van der Waals surface area contributed by atoms with Gasteiger partial charge in [-0.25, -0.2) is 4.79 Å². The zero-order chi connectivity index (χ0) is 23.1. The number of carboxylic acid groups (broad SMARTS) is 2. The minimum absolute atomic E-state index is 0.0204. The second kappa shape index (κ2) is 10.6. The van der Waals surface area contributed by atoms with Crippen LogP contribution in [-0.2, 0) is 25.6 Å². The lowest BCUT2D eigenvalue weighted by atomic mass is 10.0. The molecule has 0 fully saturated rings. The van der Waals surface area contributed by atoms with Crippen molar-refractivity contribution >= 4 is 34.7 Å². The van der Waals surface area contributed by atoms with Crippen molar-refractivity contribution in [2.45, 2.75) is 51.2 Å². The highest BCUT2D eigenvalue weighted by molar-refractivity contribution is 5.93. The maximum atomic E-state index is 12.9. The van der Waals surface area contributed by atoms with E-state index in [2.05, 4.69) is 15.6 Å². The molecule has 168 valence electrons. The largest absolute Gasteiger partial charge is 0.481 e. The van der Waals surface area contributed by atoms with E-state index < -0.39 is 48.3 Å². The monoisotopic (exact) mass is 432 g/mol. The molecule has 1 heterocycles. The van der Waals surface area contributed by atoms with Crippen LogP contribution in [0.15, 0.2) is 30.5 Å². The zero-order valence-corrected chi connectivity index (χ0v) is 17.4. The summed E-state index contributed by atoms with van der Waals surface area (Å²) >= 11 is 0. The molecule has 0 saturated heterocycles. The number of rotatable bonds is 11. The van der Waals surface area contributed by atoms with E-state index in [-0.39, 0.29) is 18.8 Å². The first-order chi connectivity index (χ1) is 14.6. The van der Waals surface area contributed by atoms with Gasteiger partial charge in [0.25, 0.3) is 0 Å². The molecule has 0 spiro atoms. The van der Waals surface area contributed by atoms with Crippen molar-refractivity contribution in [2.75, 3.05) is 0 Å². The van der Waals surface area contributed by atoms with E-state index in [4.69, 9.17) is 10.8 Å². The summed E-state index contributed by atoms with van der Waals surface area (Å²) in [6, 6.07) is 3.79. The van der Waals surface area contributed by atoms with Crippen LogP contribution in [0.5, 0.6) is 0 Å². The highest BCUT2D eigenvalue weighted by atomic mass is 16.4. The number of carboxylic acids is 2. The predicted octanol–water partition coefficient (Wildman–Crippen LogP) is 0.613. The maximum Gasteiger partial charge on any atom is 0.326 e. The lowest BCUT2D eigenvalue weighted by Gasteiger charge is -2.23. The molecule has 2 aromatic rings. The lowest BCUT2D eigenvalue weighted by molar-refractivity contribution is -0.143. The Hall–Kier alpha value is -3.40. The number of carbonyl (C=O) groups is 4. The summed E-state index contributed by atoms with van der Waals surface area (Å²) in [7, 11) is 0. The van der Waals surface area contributed by atoms with Gasteiger partial charge in [0.15, 0.2) is 0 Å². The van der Waals surface area contributed by atoms with Crippen LogP contribution in [0.4, 0.5) is 0 Å². The Balaban J connectivity index is 2.25. The number of aromatic nitrogens is 1. The molecule has 10 heteroatoms. The molecule has 2 amide bonds. The van der Waals surface area contributed by atoms with Crippen LogP contribution < -0.4 is 16.4 Å². The van der Waals surface area contributed by atoms with Gasteiger partial charge in [-0.05, 0) is 24.0 Å². The minimum Gasteiger partial charge on any atom is -0.481 e. The van der Waals surface area contributed by atoms with Gasteiger partial charge in [0, 0.05) is 23.5 Å². The molecule has 1 aromatic heterocycles. The second-order valence-corrected chi connectivity index (χ2v) is 7.86. The smallest absolute Gasteiger partial charge is 0.326 e. The van der Waals surface area contributed by atoms with Crippen LogP contribution in [0.25, 0.3) is 10.9 Å². The molecule has 7 N–H and O–H groups in total. The third-order valence-corrected chi connectivity index (χ3v) is 4.78. The van der Waals surface area contributed by atoms with Crippen molar-refractivity contribution in [3.8, 4) is 0 Å². The molecule has 2 rings (SSSR count). The average Bonchev–Trinajstić information content (AvgIpc) is 3.08. The number of fused-ring (bicyclic) bond motifs is 1. The molecule has 0 aliphatic carbocycles. The van der Waals surface area contributed by atoms with Gasteiger partial charge in [-0.15, -0.1) is 0 Å². The molecular weight excluding hydrogens is 404 g/mol. The molecule has 31 heavy (non-hydrogen) atoms. The minimum atomic E-state index is -1.35. The Morgan fingerprint density at radius 1 is 1.03 bits per heavy atom.